The molecule has 2 unspecified atom stereocenters. The second-order valence-corrected chi connectivity index (χ2v) is 6.85. The molecule has 0 aliphatic heterocycles. The zero-order chi connectivity index (χ0) is 15.4. The zero-order valence-electron chi connectivity index (χ0n) is 13.5. The summed E-state index contributed by atoms with van der Waals surface area (Å²) in [5.41, 5.74) is 8.07. The molecule has 2 rings (SSSR count). The number of primary amides is 1. The van der Waals surface area contributed by atoms with Crippen LogP contribution in [0.1, 0.15) is 61.9 Å². The van der Waals surface area contributed by atoms with E-state index in [0.717, 1.165) is 23.1 Å². The zero-order valence-corrected chi connectivity index (χ0v) is 13.5. The lowest BCUT2D eigenvalue weighted by Crippen LogP contribution is -2.28. The Labute approximate surface area is 128 Å². The van der Waals surface area contributed by atoms with E-state index in [1.165, 1.54) is 32.1 Å². The Morgan fingerprint density at radius 1 is 1.38 bits per heavy atom. The number of carbonyl (C=O) groups excluding carboxylic acids is 1. The molecular formula is C18H28N2O. The number of carbonyl (C=O) groups is 1. The summed E-state index contributed by atoms with van der Waals surface area (Å²) in [6.45, 7) is 6.58. The summed E-state index contributed by atoms with van der Waals surface area (Å²) in [6, 6.07) is 6.27. The Morgan fingerprint density at radius 3 is 2.81 bits per heavy atom. The smallest absolute Gasteiger partial charge is 0.249 e. The van der Waals surface area contributed by atoms with Gasteiger partial charge in [-0.2, -0.15) is 0 Å². The van der Waals surface area contributed by atoms with Gasteiger partial charge in [0.2, 0.25) is 5.91 Å². The molecule has 1 fully saturated rings. The van der Waals surface area contributed by atoms with Crippen LogP contribution in [-0.4, -0.2) is 11.9 Å². The first-order valence-electron chi connectivity index (χ1n) is 8.13. The molecule has 0 heterocycles. The van der Waals surface area contributed by atoms with E-state index >= 15 is 0 Å². The summed E-state index contributed by atoms with van der Waals surface area (Å²) in [4.78, 5) is 11.4. The number of anilines is 1. The van der Waals surface area contributed by atoms with Crippen molar-refractivity contribution in [1.29, 1.82) is 0 Å². The van der Waals surface area contributed by atoms with Gasteiger partial charge in [0.15, 0.2) is 0 Å². The van der Waals surface area contributed by atoms with Crippen LogP contribution in [0.15, 0.2) is 18.2 Å². The highest BCUT2D eigenvalue weighted by molar-refractivity contribution is 5.95. The first kappa shape index (κ1) is 15.9. The minimum Gasteiger partial charge on any atom is -0.382 e. The maximum atomic E-state index is 11.4. The predicted molar refractivity (Wildman–Crippen MR) is 88.5 cm³/mol. The molecular weight excluding hydrogens is 260 g/mol. The van der Waals surface area contributed by atoms with Gasteiger partial charge in [0, 0.05) is 17.3 Å². The number of benzene rings is 1. The Bertz CT molecular complexity index is 496. The number of amides is 1. The molecule has 116 valence electrons. The van der Waals surface area contributed by atoms with E-state index in [1.807, 2.05) is 19.1 Å². The van der Waals surface area contributed by atoms with Gasteiger partial charge in [-0.3, -0.25) is 4.79 Å². The van der Waals surface area contributed by atoms with Gasteiger partial charge >= 0.3 is 0 Å². The lowest BCUT2D eigenvalue weighted by molar-refractivity contribution is 0.0999. The monoisotopic (exact) mass is 288 g/mol. The van der Waals surface area contributed by atoms with Gasteiger partial charge in [-0.25, -0.2) is 0 Å². The third kappa shape index (κ3) is 4.23. The molecule has 0 bridgehead atoms. The summed E-state index contributed by atoms with van der Waals surface area (Å²) >= 11 is 0. The molecule has 0 radical (unpaired) electrons. The third-order valence-electron chi connectivity index (χ3n) is 4.55. The molecule has 1 aliphatic carbocycles. The number of hydrogen-bond acceptors (Lipinski definition) is 2. The highest BCUT2D eigenvalue weighted by Crippen LogP contribution is 2.32. The number of nitrogens with one attached hydrogen (secondary N) is 1. The molecule has 3 heteroatoms. The molecule has 1 aromatic carbocycles. The molecule has 1 aromatic rings. The van der Waals surface area contributed by atoms with Crippen molar-refractivity contribution in [2.75, 3.05) is 5.32 Å². The molecule has 3 nitrogen and oxygen atoms in total. The molecule has 0 aromatic heterocycles. The van der Waals surface area contributed by atoms with E-state index < -0.39 is 0 Å². The summed E-state index contributed by atoms with van der Waals surface area (Å²) in [7, 11) is 0. The van der Waals surface area contributed by atoms with Gasteiger partial charge in [-0.05, 0) is 55.7 Å². The van der Waals surface area contributed by atoms with Crippen LogP contribution in [0.3, 0.4) is 0 Å². The lowest BCUT2D eigenvalue weighted by atomic mass is 9.81. The second-order valence-electron chi connectivity index (χ2n) is 6.85. The fourth-order valence-corrected chi connectivity index (χ4v) is 3.58. The van der Waals surface area contributed by atoms with Crippen molar-refractivity contribution in [3.63, 3.8) is 0 Å². The first-order valence-corrected chi connectivity index (χ1v) is 8.13. The van der Waals surface area contributed by atoms with Gasteiger partial charge in [0.05, 0.1) is 0 Å². The van der Waals surface area contributed by atoms with Crippen molar-refractivity contribution in [3.05, 3.63) is 29.3 Å². The maximum absolute atomic E-state index is 11.4. The molecule has 0 spiro atoms. The molecule has 0 saturated heterocycles. The number of nitrogens with two attached hydrogens (primary N) is 1. The summed E-state index contributed by atoms with van der Waals surface area (Å²) in [6.07, 6.45) is 6.42. The number of rotatable bonds is 5. The molecule has 21 heavy (non-hydrogen) atoms. The van der Waals surface area contributed by atoms with E-state index in [9.17, 15) is 4.79 Å². The van der Waals surface area contributed by atoms with E-state index in [1.54, 1.807) is 6.07 Å². The van der Waals surface area contributed by atoms with Crippen molar-refractivity contribution in [2.24, 2.45) is 17.6 Å². The van der Waals surface area contributed by atoms with Crippen molar-refractivity contribution in [2.45, 2.75) is 58.9 Å². The summed E-state index contributed by atoms with van der Waals surface area (Å²) < 4.78 is 0. The van der Waals surface area contributed by atoms with E-state index in [0.29, 0.717) is 11.6 Å². The van der Waals surface area contributed by atoms with Gasteiger partial charge in [0.1, 0.15) is 0 Å². The summed E-state index contributed by atoms with van der Waals surface area (Å²) in [5.74, 6) is 1.25. The predicted octanol–water partition coefficient (Wildman–Crippen LogP) is 4.11. The van der Waals surface area contributed by atoms with Crippen LogP contribution in [0.5, 0.6) is 0 Å². The van der Waals surface area contributed by atoms with E-state index in [2.05, 4.69) is 19.2 Å². The second kappa shape index (κ2) is 6.97. The van der Waals surface area contributed by atoms with Crippen LogP contribution in [-0.2, 0) is 0 Å². The SMILES string of the molecule is Cc1c(NC2CCCC(CC(C)C)C2)cccc1C(N)=O. The van der Waals surface area contributed by atoms with E-state index in [-0.39, 0.29) is 5.91 Å². The quantitative estimate of drug-likeness (QED) is 0.856. The third-order valence-corrected chi connectivity index (χ3v) is 4.55. The topological polar surface area (TPSA) is 55.1 Å². The van der Waals surface area contributed by atoms with Crippen LogP contribution in [0.4, 0.5) is 5.69 Å². The minimum atomic E-state index is -0.350. The minimum absolute atomic E-state index is 0.350. The maximum Gasteiger partial charge on any atom is 0.249 e. The van der Waals surface area contributed by atoms with Crippen LogP contribution in [0, 0.1) is 18.8 Å². The van der Waals surface area contributed by atoms with Crippen LogP contribution in [0.25, 0.3) is 0 Å². The van der Waals surface area contributed by atoms with Gasteiger partial charge in [-0.1, -0.05) is 32.8 Å². The average molecular weight is 288 g/mol. The van der Waals surface area contributed by atoms with Crippen molar-refractivity contribution in [1.82, 2.24) is 0 Å². The van der Waals surface area contributed by atoms with Gasteiger partial charge in [-0.15, -0.1) is 0 Å². The van der Waals surface area contributed by atoms with E-state index in [4.69, 9.17) is 5.73 Å². The van der Waals surface area contributed by atoms with Crippen molar-refractivity contribution < 1.29 is 4.79 Å². The Morgan fingerprint density at radius 2 is 2.14 bits per heavy atom. The molecule has 2 atom stereocenters. The fourth-order valence-electron chi connectivity index (χ4n) is 3.58. The largest absolute Gasteiger partial charge is 0.382 e. The molecule has 3 N–H and O–H groups in total. The Balaban J connectivity index is 2.04. The Kier molecular flexibility index (Phi) is 5.27. The van der Waals surface area contributed by atoms with Gasteiger partial charge in [0.25, 0.3) is 0 Å². The molecule has 1 aliphatic rings. The van der Waals surface area contributed by atoms with Gasteiger partial charge < -0.3 is 11.1 Å². The normalized spacial score (nSPS) is 22.3. The molecule has 1 saturated carbocycles. The average Bonchev–Trinajstić information content (AvgIpc) is 2.40. The fraction of sp³-hybridized carbons (Fsp3) is 0.611. The standard InChI is InChI=1S/C18H28N2O/c1-12(2)10-14-6-4-7-15(11-14)20-17-9-5-8-16(13(17)3)18(19)21/h5,8-9,12,14-15,20H,4,6-7,10-11H2,1-3H3,(H2,19,21). The van der Waals surface area contributed by atoms with Crippen LogP contribution < -0.4 is 11.1 Å². The van der Waals surface area contributed by atoms with Crippen molar-refractivity contribution >= 4 is 11.6 Å². The number of hydrogen-bond donors (Lipinski definition) is 2. The first-order chi connectivity index (χ1) is 9.97. The highest BCUT2D eigenvalue weighted by atomic mass is 16.1. The van der Waals surface area contributed by atoms with Crippen LogP contribution >= 0.6 is 0 Å². The van der Waals surface area contributed by atoms with Crippen molar-refractivity contribution in [3.8, 4) is 0 Å². The Hall–Kier alpha value is -1.51. The van der Waals surface area contributed by atoms with Crippen LogP contribution in [0.2, 0.25) is 0 Å². The lowest BCUT2D eigenvalue weighted by Gasteiger charge is -2.32. The summed E-state index contributed by atoms with van der Waals surface area (Å²) in [5, 5.41) is 3.64. The molecule has 1 amide bonds. The highest BCUT2D eigenvalue weighted by Gasteiger charge is 2.23.